The Morgan fingerprint density at radius 1 is 1.26 bits per heavy atom. The number of morpholine rings is 1. The molecule has 1 fully saturated rings. The van der Waals surface area contributed by atoms with Gasteiger partial charge in [0, 0.05) is 32.9 Å². The summed E-state index contributed by atoms with van der Waals surface area (Å²) in [6.07, 6.45) is 1.86. The number of hydrogen-bond donors (Lipinski definition) is 1. The van der Waals surface area contributed by atoms with Crippen molar-refractivity contribution in [2.45, 2.75) is 45.4 Å². The molecule has 0 unspecified atom stereocenters. The monoisotopic (exact) mass is 263 g/mol. The summed E-state index contributed by atoms with van der Waals surface area (Å²) < 4.78 is 6.11. The van der Waals surface area contributed by atoms with Crippen LogP contribution in [-0.2, 0) is 11.3 Å². The molecular weight excluding hydrogens is 238 g/mol. The molecule has 1 aromatic heterocycles. The van der Waals surface area contributed by atoms with Crippen molar-refractivity contribution in [3.05, 3.63) is 23.9 Å². The van der Waals surface area contributed by atoms with Crippen molar-refractivity contribution in [2.24, 2.45) is 0 Å². The Labute approximate surface area is 116 Å². The second-order valence-corrected chi connectivity index (χ2v) is 6.57. The third-order valence-electron chi connectivity index (χ3n) is 3.25. The van der Waals surface area contributed by atoms with Crippen LogP contribution in [0.2, 0.25) is 0 Å². The average molecular weight is 263 g/mol. The van der Waals surface area contributed by atoms with Crippen LogP contribution in [0.3, 0.4) is 0 Å². The summed E-state index contributed by atoms with van der Waals surface area (Å²) in [6.45, 7) is 11.5. The van der Waals surface area contributed by atoms with Gasteiger partial charge in [0.1, 0.15) is 5.82 Å². The van der Waals surface area contributed by atoms with Crippen LogP contribution < -0.4 is 5.32 Å². The number of nitrogens with one attached hydrogen (secondary N) is 1. The van der Waals surface area contributed by atoms with E-state index in [0.29, 0.717) is 0 Å². The molecule has 0 saturated carbocycles. The molecule has 4 nitrogen and oxygen atoms in total. The molecule has 0 atom stereocenters. The zero-order valence-electron chi connectivity index (χ0n) is 12.7. The molecule has 106 valence electrons. The highest BCUT2D eigenvalue weighted by atomic mass is 16.5. The molecule has 0 spiro atoms. The quantitative estimate of drug-likeness (QED) is 0.909. The number of pyridine rings is 1. The maximum Gasteiger partial charge on any atom is 0.125 e. The molecule has 1 aliphatic rings. The molecule has 0 aromatic carbocycles. The van der Waals surface area contributed by atoms with Gasteiger partial charge in [0.15, 0.2) is 0 Å². The van der Waals surface area contributed by atoms with Gasteiger partial charge in [0.05, 0.1) is 11.2 Å². The summed E-state index contributed by atoms with van der Waals surface area (Å²) in [4.78, 5) is 6.71. The Bertz CT molecular complexity index is 427. The molecule has 1 aromatic rings. The van der Waals surface area contributed by atoms with Gasteiger partial charge in [-0.1, -0.05) is 0 Å². The van der Waals surface area contributed by atoms with Crippen LogP contribution in [-0.4, -0.2) is 41.2 Å². The highest BCUT2D eigenvalue weighted by Gasteiger charge is 2.37. The van der Waals surface area contributed by atoms with Gasteiger partial charge in [0.2, 0.25) is 0 Å². The minimum Gasteiger partial charge on any atom is -0.373 e. The topological polar surface area (TPSA) is 37.4 Å². The lowest BCUT2D eigenvalue weighted by Crippen LogP contribution is -2.56. The van der Waals surface area contributed by atoms with E-state index in [0.717, 1.165) is 25.5 Å². The first-order valence-corrected chi connectivity index (χ1v) is 6.85. The highest BCUT2D eigenvalue weighted by molar-refractivity contribution is 5.36. The predicted octanol–water partition coefficient (Wildman–Crippen LogP) is 2.51. The normalized spacial score (nSPS) is 22.2. The maximum absolute atomic E-state index is 6.11. The summed E-state index contributed by atoms with van der Waals surface area (Å²) in [5.74, 6) is 0.921. The minimum absolute atomic E-state index is 0.0966. The molecule has 19 heavy (non-hydrogen) atoms. The standard InChI is InChI=1S/C15H25N3O/c1-14(2)10-18(11-15(3,4)19-14)9-12-6-7-17-13(8-12)16-5/h6-8H,9-11H2,1-5H3,(H,16,17). The van der Waals surface area contributed by atoms with Crippen molar-refractivity contribution < 1.29 is 4.74 Å². The van der Waals surface area contributed by atoms with Crippen molar-refractivity contribution in [3.63, 3.8) is 0 Å². The van der Waals surface area contributed by atoms with Gasteiger partial charge in [-0.15, -0.1) is 0 Å². The van der Waals surface area contributed by atoms with Crippen molar-refractivity contribution in [1.82, 2.24) is 9.88 Å². The Morgan fingerprint density at radius 2 is 1.89 bits per heavy atom. The lowest BCUT2D eigenvalue weighted by molar-refractivity contribution is -0.182. The van der Waals surface area contributed by atoms with Crippen LogP contribution in [0.15, 0.2) is 18.3 Å². The number of ether oxygens (including phenoxy) is 1. The number of anilines is 1. The van der Waals surface area contributed by atoms with Crippen molar-refractivity contribution in [2.75, 3.05) is 25.5 Å². The van der Waals surface area contributed by atoms with Crippen LogP contribution in [0.5, 0.6) is 0 Å². The summed E-state index contributed by atoms with van der Waals surface area (Å²) in [5.41, 5.74) is 1.09. The second-order valence-electron chi connectivity index (χ2n) is 6.57. The lowest BCUT2D eigenvalue weighted by atomic mass is 9.98. The fourth-order valence-electron chi connectivity index (χ4n) is 3.02. The molecule has 0 amide bonds. The summed E-state index contributed by atoms with van der Waals surface area (Å²) >= 11 is 0. The predicted molar refractivity (Wildman–Crippen MR) is 78.3 cm³/mol. The average Bonchev–Trinajstić information content (AvgIpc) is 2.24. The van der Waals surface area contributed by atoms with Crippen LogP contribution in [0, 0.1) is 0 Å². The van der Waals surface area contributed by atoms with Crippen molar-refractivity contribution in [3.8, 4) is 0 Å². The summed E-state index contributed by atoms with van der Waals surface area (Å²) in [6, 6.07) is 4.19. The maximum atomic E-state index is 6.11. The molecule has 0 radical (unpaired) electrons. The number of rotatable bonds is 3. The van der Waals surface area contributed by atoms with Gasteiger partial charge in [-0.25, -0.2) is 4.98 Å². The lowest BCUT2D eigenvalue weighted by Gasteiger charge is -2.47. The second kappa shape index (κ2) is 5.10. The SMILES string of the molecule is CNc1cc(CN2CC(C)(C)OC(C)(C)C2)ccn1. The van der Waals surface area contributed by atoms with E-state index in [1.165, 1.54) is 5.56 Å². The zero-order valence-corrected chi connectivity index (χ0v) is 12.7. The molecule has 0 aliphatic carbocycles. The number of aromatic nitrogens is 1. The Balaban J connectivity index is 2.09. The van der Waals surface area contributed by atoms with Crippen molar-refractivity contribution >= 4 is 5.82 Å². The molecule has 2 rings (SSSR count). The smallest absolute Gasteiger partial charge is 0.125 e. The third kappa shape index (κ3) is 3.91. The van der Waals surface area contributed by atoms with Gasteiger partial charge in [0.25, 0.3) is 0 Å². The van der Waals surface area contributed by atoms with E-state index in [-0.39, 0.29) is 11.2 Å². The van der Waals surface area contributed by atoms with E-state index < -0.39 is 0 Å². The molecule has 1 N–H and O–H groups in total. The van der Waals surface area contributed by atoms with Crippen molar-refractivity contribution in [1.29, 1.82) is 0 Å². The van der Waals surface area contributed by atoms with Gasteiger partial charge in [-0.05, 0) is 45.4 Å². The molecule has 4 heteroatoms. The number of nitrogens with zero attached hydrogens (tertiary/aromatic N) is 2. The van der Waals surface area contributed by atoms with Gasteiger partial charge in [-0.2, -0.15) is 0 Å². The van der Waals surface area contributed by atoms with Crippen LogP contribution in [0.1, 0.15) is 33.3 Å². The van der Waals surface area contributed by atoms with E-state index in [1.54, 1.807) is 0 Å². The Morgan fingerprint density at radius 3 is 2.47 bits per heavy atom. The van der Waals surface area contributed by atoms with E-state index >= 15 is 0 Å². The Hall–Kier alpha value is -1.13. The highest BCUT2D eigenvalue weighted by Crippen LogP contribution is 2.29. The van der Waals surface area contributed by atoms with E-state index in [1.807, 2.05) is 13.2 Å². The fourth-order valence-corrected chi connectivity index (χ4v) is 3.02. The van der Waals surface area contributed by atoms with Crippen LogP contribution in [0.25, 0.3) is 0 Å². The van der Waals surface area contributed by atoms with Crippen LogP contribution in [0.4, 0.5) is 5.82 Å². The number of hydrogen-bond acceptors (Lipinski definition) is 4. The first-order valence-electron chi connectivity index (χ1n) is 6.85. The molecular formula is C15H25N3O. The first-order chi connectivity index (χ1) is 8.80. The first kappa shape index (κ1) is 14.3. The molecule has 0 bridgehead atoms. The zero-order chi connectivity index (χ0) is 14.1. The summed E-state index contributed by atoms with van der Waals surface area (Å²) in [7, 11) is 1.90. The van der Waals surface area contributed by atoms with Crippen LogP contribution >= 0.6 is 0 Å². The van der Waals surface area contributed by atoms with E-state index in [4.69, 9.17) is 4.74 Å². The molecule has 2 heterocycles. The minimum atomic E-state index is -0.0966. The van der Waals surface area contributed by atoms with E-state index in [2.05, 4.69) is 55.0 Å². The Kier molecular flexibility index (Phi) is 3.83. The fraction of sp³-hybridized carbons (Fsp3) is 0.667. The van der Waals surface area contributed by atoms with Gasteiger partial charge in [-0.3, -0.25) is 4.90 Å². The molecule has 1 saturated heterocycles. The van der Waals surface area contributed by atoms with Gasteiger partial charge >= 0.3 is 0 Å². The summed E-state index contributed by atoms with van der Waals surface area (Å²) in [5, 5.41) is 3.08. The molecule has 1 aliphatic heterocycles. The van der Waals surface area contributed by atoms with E-state index in [9.17, 15) is 0 Å². The largest absolute Gasteiger partial charge is 0.373 e. The van der Waals surface area contributed by atoms with Gasteiger partial charge < -0.3 is 10.1 Å². The third-order valence-corrected chi connectivity index (χ3v) is 3.25.